The quantitative estimate of drug-likeness (QED) is 0.848. The van der Waals surface area contributed by atoms with E-state index in [-0.39, 0.29) is 0 Å². The van der Waals surface area contributed by atoms with Gasteiger partial charge >= 0.3 is 0 Å². The lowest BCUT2D eigenvalue weighted by atomic mass is 10.1. The lowest BCUT2D eigenvalue weighted by Crippen LogP contribution is -2.31. The van der Waals surface area contributed by atoms with Gasteiger partial charge in [0, 0.05) is 37.5 Å². The van der Waals surface area contributed by atoms with Gasteiger partial charge in [0.05, 0.1) is 6.61 Å². The molecule has 1 aromatic heterocycles. The number of methoxy groups -OCH3 is 1. The predicted octanol–water partition coefficient (Wildman–Crippen LogP) is 2.75. The summed E-state index contributed by atoms with van der Waals surface area (Å²) in [4.78, 5) is 4.12. The van der Waals surface area contributed by atoms with Crippen molar-refractivity contribution in [2.75, 3.05) is 13.7 Å². The first-order valence-electron chi connectivity index (χ1n) is 6.38. The largest absolute Gasteiger partial charge is 0.383 e. The fraction of sp³-hybridized carbons (Fsp3) is 0.400. The highest BCUT2D eigenvalue weighted by molar-refractivity contribution is 5.81. The molecule has 3 nitrogen and oxygen atoms in total. The summed E-state index contributed by atoms with van der Waals surface area (Å²) in [6.45, 7) is 3.80. The van der Waals surface area contributed by atoms with Crippen molar-refractivity contribution in [1.29, 1.82) is 0 Å². The molecule has 2 rings (SSSR count). The summed E-state index contributed by atoms with van der Waals surface area (Å²) in [6, 6.07) is 8.95. The Morgan fingerprint density at radius 1 is 1.28 bits per heavy atom. The Morgan fingerprint density at radius 2 is 2.17 bits per heavy atom. The number of fused-ring (bicyclic) bond motifs is 1. The van der Waals surface area contributed by atoms with Gasteiger partial charge < -0.3 is 10.1 Å². The molecule has 3 heteroatoms. The van der Waals surface area contributed by atoms with Crippen LogP contribution in [0.25, 0.3) is 10.8 Å². The molecule has 1 heterocycles. The Morgan fingerprint density at radius 3 is 2.94 bits per heavy atom. The van der Waals surface area contributed by atoms with Crippen LogP contribution in [0.4, 0.5) is 0 Å². The number of hydrogen-bond donors (Lipinski definition) is 1. The maximum atomic E-state index is 5.18. The van der Waals surface area contributed by atoms with Crippen LogP contribution >= 0.6 is 0 Å². The first-order chi connectivity index (χ1) is 8.83. The topological polar surface area (TPSA) is 34.1 Å². The number of nitrogens with zero attached hydrogens (tertiary/aromatic N) is 1. The Kier molecular flexibility index (Phi) is 4.67. The van der Waals surface area contributed by atoms with E-state index < -0.39 is 0 Å². The van der Waals surface area contributed by atoms with Gasteiger partial charge in [-0.1, -0.05) is 19.1 Å². The molecule has 0 amide bonds. The zero-order valence-electron chi connectivity index (χ0n) is 11.0. The number of aromatic nitrogens is 1. The van der Waals surface area contributed by atoms with Crippen LogP contribution in [0.2, 0.25) is 0 Å². The standard InChI is InChI=1S/C15H20N2O/c1-3-15(11-18-2)17-9-12-4-5-14-10-16-7-6-13(14)8-12/h4-8,10,15,17H,3,9,11H2,1-2H3. The minimum absolute atomic E-state index is 0.420. The Hall–Kier alpha value is -1.45. The third-order valence-corrected chi connectivity index (χ3v) is 3.16. The monoisotopic (exact) mass is 244 g/mol. The number of rotatable bonds is 6. The molecule has 0 aliphatic rings. The first-order valence-corrected chi connectivity index (χ1v) is 6.38. The second-order valence-corrected chi connectivity index (χ2v) is 4.50. The Balaban J connectivity index is 2.03. The minimum atomic E-state index is 0.420. The van der Waals surface area contributed by atoms with Gasteiger partial charge in [-0.05, 0) is 29.5 Å². The summed E-state index contributed by atoms with van der Waals surface area (Å²) < 4.78 is 5.18. The van der Waals surface area contributed by atoms with Gasteiger partial charge in [0.1, 0.15) is 0 Å². The molecule has 0 saturated carbocycles. The van der Waals surface area contributed by atoms with Gasteiger partial charge in [0.15, 0.2) is 0 Å². The molecule has 0 saturated heterocycles. The highest BCUT2D eigenvalue weighted by atomic mass is 16.5. The lowest BCUT2D eigenvalue weighted by molar-refractivity contribution is 0.164. The average molecular weight is 244 g/mol. The van der Waals surface area contributed by atoms with Gasteiger partial charge in [0.2, 0.25) is 0 Å². The van der Waals surface area contributed by atoms with E-state index in [1.165, 1.54) is 16.3 Å². The maximum absolute atomic E-state index is 5.18. The van der Waals surface area contributed by atoms with Crippen molar-refractivity contribution in [3.05, 3.63) is 42.2 Å². The van der Waals surface area contributed by atoms with Gasteiger partial charge in [0.25, 0.3) is 0 Å². The van der Waals surface area contributed by atoms with Crippen LogP contribution in [-0.4, -0.2) is 24.7 Å². The molecule has 0 aliphatic carbocycles. The SMILES string of the molecule is CCC(COC)NCc1ccc2cnccc2c1. The zero-order chi connectivity index (χ0) is 12.8. The van der Waals surface area contributed by atoms with Crippen molar-refractivity contribution in [2.45, 2.75) is 25.9 Å². The van der Waals surface area contributed by atoms with E-state index in [0.717, 1.165) is 19.6 Å². The van der Waals surface area contributed by atoms with Crippen LogP contribution in [0, 0.1) is 0 Å². The van der Waals surface area contributed by atoms with E-state index >= 15 is 0 Å². The summed E-state index contributed by atoms with van der Waals surface area (Å²) in [7, 11) is 1.74. The van der Waals surface area contributed by atoms with Crippen molar-refractivity contribution >= 4 is 10.8 Å². The van der Waals surface area contributed by atoms with Gasteiger partial charge in [-0.2, -0.15) is 0 Å². The number of nitrogens with one attached hydrogen (secondary N) is 1. The summed E-state index contributed by atoms with van der Waals surface area (Å²) in [6.07, 6.45) is 4.80. The molecule has 0 bridgehead atoms. The van der Waals surface area contributed by atoms with Crippen LogP contribution < -0.4 is 5.32 Å². The number of benzene rings is 1. The minimum Gasteiger partial charge on any atom is -0.383 e. The van der Waals surface area contributed by atoms with Crippen LogP contribution in [0.1, 0.15) is 18.9 Å². The number of pyridine rings is 1. The molecule has 2 aromatic rings. The zero-order valence-corrected chi connectivity index (χ0v) is 11.0. The van der Waals surface area contributed by atoms with E-state index in [1.807, 2.05) is 18.5 Å². The summed E-state index contributed by atoms with van der Waals surface area (Å²) in [5.74, 6) is 0. The van der Waals surface area contributed by atoms with Gasteiger partial charge in [-0.3, -0.25) is 4.98 Å². The van der Waals surface area contributed by atoms with Crippen LogP contribution in [-0.2, 0) is 11.3 Å². The average Bonchev–Trinajstić information content (AvgIpc) is 2.43. The van der Waals surface area contributed by atoms with E-state index in [0.29, 0.717) is 6.04 Å². The molecule has 0 aliphatic heterocycles. The van der Waals surface area contributed by atoms with Crippen molar-refractivity contribution in [2.24, 2.45) is 0 Å². The Labute approximate surface area is 108 Å². The van der Waals surface area contributed by atoms with Crippen molar-refractivity contribution in [3.63, 3.8) is 0 Å². The van der Waals surface area contributed by atoms with Crippen molar-refractivity contribution in [3.8, 4) is 0 Å². The van der Waals surface area contributed by atoms with E-state index in [4.69, 9.17) is 4.74 Å². The summed E-state index contributed by atoms with van der Waals surface area (Å²) >= 11 is 0. The molecule has 1 unspecified atom stereocenters. The molecule has 18 heavy (non-hydrogen) atoms. The van der Waals surface area contributed by atoms with Gasteiger partial charge in [-0.15, -0.1) is 0 Å². The van der Waals surface area contributed by atoms with Crippen LogP contribution in [0.15, 0.2) is 36.7 Å². The summed E-state index contributed by atoms with van der Waals surface area (Å²) in [5, 5.41) is 5.94. The van der Waals surface area contributed by atoms with Crippen LogP contribution in [0.3, 0.4) is 0 Å². The highest BCUT2D eigenvalue weighted by Crippen LogP contribution is 2.14. The van der Waals surface area contributed by atoms with Crippen molar-refractivity contribution < 1.29 is 4.74 Å². The molecule has 1 aromatic carbocycles. The fourth-order valence-electron chi connectivity index (χ4n) is 2.03. The van der Waals surface area contributed by atoms with Gasteiger partial charge in [-0.25, -0.2) is 0 Å². The molecule has 1 atom stereocenters. The normalized spacial score (nSPS) is 12.8. The molecule has 96 valence electrons. The number of hydrogen-bond acceptors (Lipinski definition) is 3. The van der Waals surface area contributed by atoms with E-state index in [2.05, 4.69) is 35.4 Å². The Bertz CT molecular complexity index is 499. The fourth-order valence-corrected chi connectivity index (χ4v) is 2.03. The second-order valence-electron chi connectivity index (χ2n) is 4.50. The number of ether oxygens (including phenoxy) is 1. The highest BCUT2D eigenvalue weighted by Gasteiger charge is 2.04. The maximum Gasteiger partial charge on any atom is 0.0615 e. The smallest absolute Gasteiger partial charge is 0.0615 e. The third-order valence-electron chi connectivity index (χ3n) is 3.16. The molecule has 1 N–H and O–H groups in total. The molecular formula is C15H20N2O. The summed E-state index contributed by atoms with van der Waals surface area (Å²) in [5.41, 5.74) is 1.29. The lowest BCUT2D eigenvalue weighted by Gasteiger charge is -2.16. The second kappa shape index (κ2) is 6.47. The van der Waals surface area contributed by atoms with E-state index in [9.17, 15) is 0 Å². The van der Waals surface area contributed by atoms with Crippen molar-refractivity contribution in [1.82, 2.24) is 10.3 Å². The third kappa shape index (κ3) is 3.28. The molecule has 0 fully saturated rings. The van der Waals surface area contributed by atoms with Crippen LogP contribution in [0.5, 0.6) is 0 Å². The van der Waals surface area contributed by atoms with E-state index in [1.54, 1.807) is 7.11 Å². The predicted molar refractivity (Wildman–Crippen MR) is 74.5 cm³/mol. The molecule has 0 spiro atoms. The molecule has 0 radical (unpaired) electrons. The first kappa shape index (κ1) is 13.0. The molecular weight excluding hydrogens is 224 g/mol.